The van der Waals surface area contributed by atoms with Crippen molar-refractivity contribution in [2.45, 2.75) is 33.1 Å². The van der Waals surface area contributed by atoms with E-state index < -0.39 is 0 Å². The van der Waals surface area contributed by atoms with E-state index in [0.717, 1.165) is 18.7 Å². The standard InChI is InChI=1S/C11H19Cl2NO2/c1-3-4-5-7-15-9-10(2)14-16-8-6-11(12)13/h6H,3-5,7-9H2,1-2H3. The summed E-state index contributed by atoms with van der Waals surface area (Å²) < 4.78 is 5.58. The van der Waals surface area contributed by atoms with Gasteiger partial charge in [-0.2, -0.15) is 0 Å². The zero-order valence-corrected chi connectivity index (χ0v) is 11.4. The van der Waals surface area contributed by atoms with Crippen LogP contribution in [0.2, 0.25) is 0 Å². The summed E-state index contributed by atoms with van der Waals surface area (Å²) in [4.78, 5) is 4.95. The number of rotatable bonds is 9. The van der Waals surface area contributed by atoms with Gasteiger partial charge in [0.05, 0.1) is 12.3 Å². The second-order valence-electron chi connectivity index (χ2n) is 3.38. The van der Waals surface area contributed by atoms with Gasteiger partial charge in [0, 0.05) is 6.61 Å². The molecule has 0 saturated carbocycles. The molecule has 0 heterocycles. The third-order valence-electron chi connectivity index (χ3n) is 1.74. The Morgan fingerprint density at radius 1 is 1.31 bits per heavy atom. The molecular formula is C11H19Cl2NO2. The van der Waals surface area contributed by atoms with Crippen LogP contribution in [0, 0.1) is 0 Å². The number of unbranched alkanes of at least 4 members (excludes halogenated alkanes) is 2. The summed E-state index contributed by atoms with van der Waals surface area (Å²) in [5.41, 5.74) is 0.801. The van der Waals surface area contributed by atoms with Gasteiger partial charge >= 0.3 is 0 Å². The predicted molar refractivity (Wildman–Crippen MR) is 69.2 cm³/mol. The maximum Gasteiger partial charge on any atom is 0.138 e. The largest absolute Gasteiger partial charge is 0.391 e. The van der Waals surface area contributed by atoms with Crippen molar-refractivity contribution in [3.05, 3.63) is 10.6 Å². The Morgan fingerprint density at radius 3 is 2.69 bits per heavy atom. The summed E-state index contributed by atoms with van der Waals surface area (Å²) >= 11 is 10.8. The fourth-order valence-corrected chi connectivity index (χ4v) is 1.07. The van der Waals surface area contributed by atoms with E-state index in [-0.39, 0.29) is 11.1 Å². The third-order valence-corrected chi connectivity index (χ3v) is 2.04. The smallest absolute Gasteiger partial charge is 0.138 e. The molecule has 0 aliphatic carbocycles. The first kappa shape index (κ1) is 15.8. The molecule has 0 aromatic heterocycles. The number of nitrogens with zero attached hydrogens (tertiary/aromatic N) is 1. The molecule has 0 fully saturated rings. The quantitative estimate of drug-likeness (QED) is 0.360. The average molecular weight is 268 g/mol. The number of hydrogen-bond acceptors (Lipinski definition) is 3. The zero-order valence-electron chi connectivity index (χ0n) is 9.84. The second kappa shape index (κ2) is 11.2. The maximum atomic E-state index is 5.40. The normalized spacial score (nSPS) is 11.4. The number of hydrogen-bond donors (Lipinski definition) is 0. The summed E-state index contributed by atoms with van der Waals surface area (Å²) in [6.45, 7) is 5.56. The minimum atomic E-state index is 0.184. The number of ether oxygens (including phenoxy) is 1. The molecule has 0 spiro atoms. The van der Waals surface area contributed by atoms with Gasteiger partial charge in [0.2, 0.25) is 0 Å². The molecule has 0 atom stereocenters. The summed E-state index contributed by atoms with van der Waals surface area (Å²) in [7, 11) is 0. The highest BCUT2D eigenvalue weighted by molar-refractivity contribution is 6.55. The molecule has 16 heavy (non-hydrogen) atoms. The van der Waals surface area contributed by atoms with Crippen molar-refractivity contribution >= 4 is 28.9 Å². The van der Waals surface area contributed by atoms with Gasteiger partial charge in [0.15, 0.2) is 0 Å². The van der Waals surface area contributed by atoms with E-state index in [2.05, 4.69) is 12.1 Å². The van der Waals surface area contributed by atoms with E-state index in [4.69, 9.17) is 32.8 Å². The molecule has 3 nitrogen and oxygen atoms in total. The van der Waals surface area contributed by atoms with Gasteiger partial charge in [0.1, 0.15) is 11.1 Å². The number of halogens is 2. The third kappa shape index (κ3) is 11.8. The molecule has 0 radical (unpaired) electrons. The van der Waals surface area contributed by atoms with E-state index in [1.54, 1.807) is 0 Å². The first-order valence-corrected chi connectivity index (χ1v) is 6.16. The van der Waals surface area contributed by atoms with Crippen LogP contribution in [-0.2, 0) is 9.57 Å². The molecule has 0 unspecified atom stereocenters. The lowest BCUT2D eigenvalue weighted by Gasteiger charge is -2.03. The van der Waals surface area contributed by atoms with Crippen LogP contribution in [0.3, 0.4) is 0 Å². The molecule has 0 amide bonds. The molecule has 0 saturated heterocycles. The van der Waals surface area contributed by atoms with E-state index in [1.807, 2.05) is 6.92 Å². The Balaban J connectivity index is 3.44. The molecule has 0 aliphatic rings. The van der Waals surface area contributed by atoms with Crippen molar-refractivity contribution in [2.24, 2.45) is 5.16 Å². The molecule has 0 rings (SSSR count). The van der Waals surface area contributed by atoms with Gasteiger partial charge < -0.3 is 9.57 Å². The van der Waals surface area contributed by atoms with Crippen LogP contribution >= 0.6 is 23.2 Å². The van der Waals surface area contributed by atoms with Crippen LogP contribution in [0.4, 0.5) is 0 Å². The topological polar surface area (TPSA) is 30.8 Å². The molecule has 5 heteroatoms. The lowest BCUT2D eigenvalue weighted by molar-refractivity contribution is 0.149. The van der Waals surface area contributed by atoms with E-state index in [1.165, 1.54) is 18.9 Å². The van der Waals surface area contributed by atoms with E-state index in [9.17, 15) is 0 Å². The van der Waals surface area contributed by atoms with E-state index >= 15 is 0 Å². The highest BCUT2D eigenvalue weighted by Crippen LogP contribution is 2.05. The van der Waals surface area contributed by atoms with Crippen molar-refractivity contribution in [3.8, 4) is 0 Å². The fourth-order valence-electron chi connectivity index (χ4n) is 0.948. The average Bonchev–Trinajstić information content (AvgIpc) is 2.24. The first-order chi connectivity index (χ1) is 7.66. The highest BCUT2D eigenvalue weighted by atomic mass is 35.5. The molecule has 94 valence electrons. The van der Waals surface area contributed by atoms with Crippen LogP contribution in [0.25, 0.3) is 0 Å². The van der Waals surface area contributed by atoms with Crippen LogP contribution in [-0.4, -0.2) is 25.5 Å². The number of oxime groups is 1. The van der Waals surface area contributed by atoms with Crippen molar-refractivity contribution in [3.63, 3.8) is 0 Å². The Labute approximate surface area is 107 Å². The summed E-state index contributed by atoms with van der Waals surface area (Å²) in [5, 5.41) is 3.84. The molecule has 0 bridgehead atoms. The Morgan fingerprint density at radius 2 is 2.06 bits per heavy atom. The second-order valence-corrected chi connectivity index (χ2v) is 4.38. The SMILES string of the molecule is CCCCCOCC(C)=NOCC=C(Cl)Cl. The highest BCUT2D eigenvalue weighted by Gasteiger charge is 1.93. The van der Waals surface area contributed by atoms with Gasteiger partial charge in [-0.3, -0.25) is 0 Å². The van der Waals surface area contributed by atoms with Gasteiger partial charge in [-0.25, -0.2) is 0 Å². The van der Waals surface area contributed by atoms with Crippen LogP contribution < -0.4 is 0 Å². The van der Waals surface area contributed by atoms with Crippen molar-refractivity contribution in [1.29, 1.82) is 0 Å². The lowest BCUT2D eigenvalue weighted by Crippen LogP contribution is -2.06. The molecule has 0 N–H and O–H groups in total. The van der Waals surface area contributed by atoms with Crippen LogP contribution in [0.5, 0.6) is 0 Å². The lowest BCUT2D eigenvalue weighted by atomic mass is 10.3. The molecule has 0 aromatic rings. The summed E-state index contributed by atoms with van der Waals surface area (Å²) in [5.74, 6) is 0. The fraction of sp³-hybridized carbons (Fsp3) is 0.727. The summed E-state index contributed by atoms with van der Waals surface area (Å²) in [6.07, 6.45) is 5.02. The Kier molecular flexibility index (Phi) is 11.1. The molecule has 0 aromatic carbocycles. The Hall–Kier alpha value is -0.250. The van der Waals surface area contributed by atoms with Crippen LogP contribution in [0.15, 0.2) is 15.7 Å². The van der Waals surface area contributed by atoms with Gasteiger partial charge in [-0.1, -0.05) is 48.1 Å². The monoisotopic (exact) mass is 267 g/mol. The zero-order chi connectivity index (χ0) is 12.2. The predicted octanol–water partition coefficient (Wildman–Crippen LogP) is 3.90. The van der Waals surface area contributed by atoms with Crippen molar-refractivity contribution in [2.75, 3.05) is 19.8 Å². The minimum absolute atomic E-state index is 0.184. The van der Waals surface area contributed by atoms with Gasteiger partial charge in [-0.15, -0.1) is 0 Å². The molecular weight excluding hydrogens is 249 g/mol. The van der Waals surface area contributed by atoms with Gasteiger partial charge in [0.25, 0.3) is 0 Å². The van der Waals surface area contributed by atoms with Crippen molar-refractivity contribution in [1.82, 2.24) is 0 Å². The first-order valence-electron chi connectivity index (χ1n) is 5.41. The van der Waals surface area contributed by atoms with Crippen molar-refractivity contribution < 1.29 is 9.57 Å². The maximum absolute atomic E-state index is 5.40. The Bertz CT molecular complexity index is 226. The van der Waals surface area contributed by atoms with E-state index in [0.29, 0.717) is 6.61 Å². The molecule has 0 aliphatic heterocycles. The summed E-state index contributed by atoms with van der Waals surface area (Å²) in [6, 6.07) is 0. The minimum Gasteiger partial charge on any atom is -0.391 e. The van der Waals surface area contributed by atoms with Gasteiger partial charge in [-0.05, 0) is 19.4 Å². The van der Waals surface area contributed by atoms with Crippen LogP contribution in [0.1, 0.15) is 33.1 Å².